The van der Waals surface area contributed by atoms with E-state index in [9.17, 15) is 0 Å². The van der Waals surface area contributed by atoms with E-state index in [2.05, 4.69) is 32.0 Å². The maximum Gasteiger partial charge on any atom is 0.122 e. The van der Waals surface area contributed by atoms with Crippen LogP contribution in [0.5, 0.6) is 11.5 Å². The molecule has 0 N–H and O–H groups in total. The Hall–Kier alpha value is -1.41. The molecule has 2 rings (SSSR count). The molecule has 20 heavy (non-hydrogen) atoms. The molecular weight excluding hydrogens is 272 g/mol. The Bertz CT molecular complexity index is 566. The van der Waals surface area contributed by atoms with Crippen LogP contribution in [0.3, 0.4) is 0 Å². The fourth-order valence-corrected chi connectivity index (χ4v) is 2.26. The van der Waals surface area contributed by atoms with Gasteiger partial charge in [0.25, 0.3) is 0 Å². The molecule has 0 fully saturated rings. The summed E-state index contributed by atoms with van der Waals surface area (Å²) < 4.78 is 11.4. The first kappa shape index (κ1) is 15.0. The molecule has 2 nitrogen and oxygen atoms in total. The lowest BCUT2D eigenvalue weighted by Gasteiger charge is -2.12. The number of halogens is 1. The van der Waals surface area contributed by atoms with Crippen LogP contribution in [0.25, 0.3) is 10.8 Å². The van der Waals surface area contributed by atoms with Gasteiger partial charge in [-0.05, 0) is 54.3 Å². The molecule has 0 aliphatic heterocycles. The second-order valence-corrected chi connectivity index (χ2v) is 5.19. The third-order valence-corrected chi connectivity index (χ3v) is 3.49. The molecule has 0 radical (unpaired) electrons. The van der Waals surface area contributed by atoms with Crippen molar-refractivity contribution in [2.45, 2.75) is 26.7 Å². The fraction of sp³-hybridized carbons (Fsp3) is 0.412. The summed E-state index contributed by atoms with van der Waals surface area (Å²) in [6, 6.07) is 10.3. The van der Waals surface area contributed by atoms with Gasteiger partial charge in [-0.1, -0.05) is 19.1 Å². The monoisotopic (exact) mass is 292 g/mol. The number of alkyl halides is 1. The SMILES string of the molecule is CCCOc1ccc2c(C)c(OCCCCl)ccc2c1. The van der Waals surface area contributed by atoms with E-state index in [-0.39, 0.29) is 0 Å². The van der Waals surface area contributed by atoms with Gasteiger partial charge in [-0.3, -0.25) is 0 Å². The highest BCUT2D eigenvalue weighted by atomic mass is 35.5. The number of ether oxygens (including phenoxy) is 2. The Morgan fingerprint density at radius 1 is 1.05 bits per heavy atom. The molecule has 108 valence electrons. The van der Waals surface area contributed by atoms with Gasteiger partial charge in [0.05, 0.1) is 13.2 Å². The maximum absolute atomic E-state index is 5.76. The van der Waals surface area contributed by atoms with Crippen LogP contribution in [0, 0.1) is 6.92 Å². The van der Waals surface area contributed by atoms with Crippen molar-refractivity contribution >= 4 is 22.4 Å². The standard InChI is InChI=1S/C17H21ClO2/c1-3-10-19-15-6-7-16-13(2)17(20-11-4-9-18)8-5-14(16)12-15/h5-8,12H,3-4,9-11H2,1-2H3. The zero-order valence-corrected chi connectivity index (χ0v) is 12.9. The normalized spacial score (nSPS) is 10.8. The van der Waals surface area contributed by atoms with E-state index < -0.39 is 0 Å². The molecular formula is C17H21ClO2. The minimum Gasteiger partial charge on any atom is -0.494 e. The number of benzene rings is 2. The van der Waals surface area contributed by atoms with Crippen molar-refractivity contribution in [1.29, 1.82) is 0 Å². The van der Waals surface area contributed by atoms with Gasteiger partial charge in [-0.15, -0.1) is 11.6 Å². The Morgan fingerprint density at radius 3 is 2.65 bits per heavy atom. The van der Waals surface area contributed by atoms with E-state index >= 15 is 0 Å². The molecule has 0 aliphatic rings. The maximum atomic E-state index is 5.76. The second-order valence-electron chi connectivity index (χ2n) is 4.81. The first-order chi connectivity index (χ1) is 9.76. The Balaban J connectivity index is 2.22. The highest BCUT2D eigenvalue weighted by Crippen LogP contribution is 2.30. The van der Waals surface area contributed by atoms with Gasteiger partial charge < -0.3 is 9.47 Å². The number of hydrogen-bond donors (Lipinski definition) is 0. The lowest BCUT2D eigenvalue weighted by Crippen LogP contribution is -2.00. The number of aryl methyl sites for hydroxylation is 1. The summed E-state index contributed by atoms with van der Waals surface area (Å²) in [5.74, 6) is 2.49. The first-order valence-electron chi connectivity index (χ1n) is 7.11. The van der Waals surface area contributed by atoms with Crippen molar-refractivity contribution in [1.82, 2.24) is 0 Å². The third kappa shape index (κ3) is 3.57. The van der Waals surface area contributed by atoms with E-state index in [0.29, 0.717) is 12.5 Å². The van der Waals surface area contributed by atoms with Gasteiger partial charge in [-0.2, -0.15) is 0 Å². The molecule has 2 aromatic rings. The van der Waals surface area contributed by atoms with Gasteiger partial charge in [0.2, 0.25) is 0 Å². The fourth-order valence-electron chi connectivity index (χ4n) is 2.15. The van der Waals surface area contributed by atoms with E-state index in [1.54, 1.807) is 0 Å². The lowest BCUT2D eigenvalue weighted by atomic mass is 10.0. The van der Waals surface area contributed by atoms with Crippen LogP contribution >= 0.6 is 11.6 Å². The van der Waals surface area contributed by atoms with Crippen LogP contribution < -0.4 is 9.47 Å². The molecule has 0 aliphatic carbocycles. The molecule has 0 heterocycles. The molecule has 0 amide bonds. The molecule has 0 atom stereocenters. The lowest BCUT2D eigenvalue weighted by molar-refractivity contribution is 0.316. The van der Waals surface area contributed by atoms with Crippen molar-refractivity contribution in [3.8, 4) is 11.5 Å². The molecule has 0 unspecified atom stereocenters. The molecule has 3 heteroatoms. The summed E-state index contributed by atoms with van der Waals surface area (Å²) in [5, 5.41) is 2.39. The first-order valence-corrected chi connectivity index (χ1v) is 7.64. The van der Waals surface area contributed by atoms with Gasteiger partial charge in [-0.25, -0.2) is 0 Å². The van der Waals surface area contributed by atoms with Gasteiger partial charge in [0.1, 0.15) is 11.5 Å². The van der Waals surface area contributed by atoms with Gasteiger partial charge in [0, 0.05) is 5.88 Å². The highest BCUT2D eigenvalue weighted by molar-refractivity contribution is 6.17. The molecule has 0 bridgehead atoms. The molecule has 0 saturated heterocycles. The summed E-state index contributed by atoms with van der Waals surface area (Å²) in [7, 11) is 0. The third-order valence-electron chi connectivity index (χ3n) is 3.22. The number of hydrogen-bond acceptors (Lipinski definition) is 2. The van der Waals surface area contributed by atoms with Crippen LogP contribution in [0.15, 0.2) is 30.3 Å². The number of rotatable bonds is 7. The summed E-state index contributed by atoms with van der Waals surface area (Å²) in [6.07, 6.45) is 1.88. The van der Waals surface area contributed by atoms with E-state index in [0.717, 1.165) is 30.9 Å². The average molecular weight is 293 g/mol. The Kier molecular flexibility index (Phi) is 5.54. The van der Waals surface area contributed by atoms with Crippen LogP contribution in [-0.4, -0.2) is 19.1 Å². The predicted molar refractivity (Wildman–Crippen MR) is 85.3 cm³/mol. The molecule has 0 aromatic heterocycles. The molecule has 0 spiro atoms. The minimum atomic E-state index is 0.630. The predicted octanol–water partition coefficient (Wildman–Crippen LogP) is 4.94. The quantitative estimate of drug-likeness (QED) is 0.531. The van der Waals surface area contributed by atoms with Gasteiger partial charge >= 0.3 is 0 Å². The summed E-state index contributed by atoms with van der Waals surface area (Å²) >= 11 is 5.67. The van der Waals surface area contributed by atoms with Crippen LogP contribution in [0.4, 0.5) is 0 Å². The van der Waals surface area contributed by atoms with E-state index in [1.165, 1.54) is 16.3 Å². The van der Waals surface area contributed by atoms with Crippen LogP contribution in [0.1, 0.15) is 25.3 Å². The molecule has 0 saturated carbocycles. The van der Waals surface area contributed by atoms with Crippen molar-refractivity contribution in [3.05, 3.63) is 35.9 Å². The summed E-state index contributed by atoms with van der Waals surface area (Å²) in [4.78, 5) is 0. The molecule has 2 aromatic carbocycles. The largest absolute Gasteiger partial charge is 0.494 e. The number of fused-ring (bicyclic) bond motifs is 1. The topological polar surface area (TPSA) is 18.5 Å². The Labute approximate surface area is 125 Å². The zero-order valence-electron chi connectivity index (χ0n) is 12.1. The Morgan fingerprint density at radius 2 is 1.90 bits per heavy atom. The summed E-state index contributed by atoms with van der Waals surface area (Å²) in [6.45, 7) is 5.61. The zero-order chi connectivity index (χ0) is 14.4. The summed E-state index contributed by atoms with van der Waals surface area (Å²) in [5.41, 5.74) is 1.17. The second kappa shape index (κ2) is 7.39. The van der Waals surface area contributed by atoms with Crippen LogP contribution in [-0.2, 0) is 0 Å². The minimum absolute atomic E-state index is 0.630. The van der Waals surface area contributed by atoms with Crippen molar-refractivity contribution in [2.75, 3.05) is 19.1 Å². The van der Waals surface area contributed by atoms with Crippen molar-refractivity contribution < 1.29 is 9.47 Å². The van der Waals surface area contributed by atoms with Crippen LogP contribution in [0.2, 0.25) is 0 Å². The van der Waals surface area contributed by atoms with E-state index in [1.807, 2.05) is 12.1 Å². The van der Waals surface area contributed by atoms with E-state index in [4.69, 9.17) is 21.1 Å². The average Bonchev–Trinajstić information content (AvgIpc) is 2.47. The van der Waals surface area contributed by atoms with Crippen molar-refractivity contribution in [2.24, 2.45) is 0 Å². The highest BCUT2D eigenvalue weighted by Gasteiger charge is 2.06. The van der Waals surface area contributed by atoms with Crippen molar-refractivity contribution in [3.63, 3.8) is 0 Å². The smallest absolute Gasteiger partial charge is 0.122 e. The van der Waals surface area contributed by atoms with Gasteiger partial charge in [0.15, 0.2) is 0 Å².